The van der Waals surface area contributed by atoms with E-state index in [0.29, 0.717) is 0 Å². The van der Waals surface area contributed by atoms with E-state index in [0.717, 1.165) is 25.7 Å². The smallest absolute Gasteiger partial charge is 0.343 e. The fraction of sp³-hybridized carbons (Fsp3) is 0.750. The van der Waals surface area contributed by atoms with E-state index in [9.17, 15) is 0 Å². The molecule has 0 rings (SSSR count). The van der Waals surface area contributed by atoms with Crippen molar-refractivity contribution in [3.63, 3.8) is 0 Å². The average Bonchev–Trinajstić information content (AvgIpc) is 2.39. The van der Waals surface area contributed by atoms with Gasteiger partial charge in [0.25, 0.3) is 0 Å². The number of hydrogen-bond donors (Lipinski definition) is 0. The Hall–Kier alpha value is 0.519. The van der Waals surface area contributed by atoms with Crippen molar-refractivity contribution in [3.05, 3.63) is 27.7 Å². The zero-order chi connectivity index (χ0) is 13.7. The molecule has 0 aromatic rings. The van der Waals surface area contributed by atoms with Gasteiger partial charge in [-0.3, -0.25) is 0 Å². The van der Waals surface area contributed by atoms with Crippen LogP contribution in [0.1, 0.15) is 79.1 Å². The van der Waals surface area contributed by atoms with Gasteiger partial charge >= 0.3 is 17.1 Å². The zero-order valence-electron chi connectivity index (χ0n) is 12.8. The molecule has 0 aromatic carbocycles. The van der Waals surface area contributed by atoms with Crippen LogP contribution in [0.15, 0.2) is 0 Å². The maximum Gasteiger partial charge on any atom is 4.00 e. The van der Waals surface area contributed by atoms with Crippen molar-refractivity contribution in [2.75, 3.05) is 0 Å². The van der Waals surface area contributed by atoms with Crippen molar-refractivity contribution >= 4 is 0 Å². The first kappa shape index (κ1) is 30.5. The summed E-state index contributed by atoms with van der Waals surface area (Å²) in [6, 6.07) is 0. The monoisotopic (exact) mass is 284 g/mol. The minimum absolute atomic E-state index is 0. The quantitative estimate of drug-likeness (QED) is 0.409. The van der Waals surface area contributed by atoms with Gasteiger partial charge in [0.1, 0.15) is 0 Å². The summed E-state index contributed by atoms with van der Waals surface area (Å²) in [5.74, 6) is 0. The second kappa shape index (κ2) is 54.8. The molecule has 0 aromatic heterocycles. The summed E-state index contributed by atoms with van der Waals surface area (Å²) >= 11 is 0. The SMILES string of the molecule is [CH2-]CCC.[CH2-]CCC.[CH2-]CCC.[CH2-]CCC.[Fe+4]. The minimum Gasteiger partial charge on any atom is -0.343 e. The predicted octanol–water partition coefficient (Wildman–Crippen LogP) is 6.48. The molecule has 0 nitrogen and oxygen atoms in total. The molecule has 0 fully saturated rings. The molecule has 0 atom stereocenters. The zero-order valence-corrected chi connectivity index (χ0v) is 13.9. The van der Waals surface area contributed by atoms with E-state index >= 15 is 0 Å². The van der Waals surface area contributed by atoms with Gasteiger partial charge in [0.15, 0.2) is 0 Å². The van der Waals surface area contributed by atoms with Crippen LogP contribution in [0, 0.1) is 27.7 Å². The first-order chi connectivity index (χ1) is 7.66. The average molecular weight is 284 g/mol. The van der Waals surface area contributed by atoms with Gasteiger partial charge in [0, 0.05) is 0 Å². The first-order valence-electron chi connectivity index (χ1n) is 6.83. The van der Waals surface area contributed by atoms with Crippen LogP contribution >= 0.6 is 0 Å². The van der Waals surface area contributed by atoms with E-state index in [-0.39, 0.29) is 17.1 Å². The summed E-state index contributed by atoms with van der Waals surface area (Å²) in [7, 11) is 0. The van der Waals surface area contributed by atoms with Crippen molar-refractivity contribution in [1.29, 1.82) is 0 Å². The van der Waals surface area contributed by atoms with Crippen LogP contribution < -0.4 is 0 Å². The van der Waals surface area contributed by atoms with Gasteiger partial charge in [-0.15, -0.1) is 0 Å². The predicted molar refractivity (Wildman–Crippen MR) is 81.1 cm³/mol. The molecule has 0 saturated carbocycles. The maximum absolute atomic E-state index is 3.60. The Labute approximate surface area is 124 Å². The molecule has 0 amide bonds. The minimum atomic E-state index is 0. The van der Waals surface area contributed by atoms with E-state index < -0.39 is 0 Å². The molecular weight excluding hydrogens is 248 g/mol. The Bertz CT molecular complexity index is 29.5. The Balaban J connectivity index is -0.0000000369. The molecule has 0 saturated heterocycles. The fourth-order valence-electron chi connectivity index (χ4n) is 0. The summed E-state index contributed by atoms with van der Waals surface area (Å²) in [6.45, 7) is 22.9. The first-order valence-corrected chi connectivity index (χ1v) is 6.83. The maximum atomic E-state index is 3.60. The third-order valence-electron chi connectivity index (χ3n) is 1.41. The van der Waals surface area contributed by atoms with Gasteiger partial charge in [0.05, 0.1) is 0 Å². The van der Waals surface area contributed by atoms with Gasteiger partial charge < -0.3 is 27.7 Å². The molecule has 108 valence electrons. The van der Waals surface area contributed by atoms with Crippen LogP contribution in [-0.4, -0.2) is 0 Å². The van der Waals surface area contributed by atoms with Gasteiger partial charge in [-0.2, -0.15) is 25.7 Å². The molecule has 0 heterocycles. The number of rotatable bonds is 4. The van der Waals surface area contributed by atoms with Crippen LogP contribution in [0.3, 0.4) is 0 Å². The molecule has 0 N–H and O–H groups in total. The Morgan fingerprint density at radius 3 is 0.529 bits per heavy atom. The molecule has 0 unspecified atom stereocenters. The summed E-state index contributed by atoms with van der Waals surface area (Å²) in [6.07, 6.45) is 9.11. The van der Waals surface area contributed by atoms with Gasteiger partial charge in [-0.25, -0.2) is 0 Å². The van der Waals surface area contributed by atoms with Crippen molar-refractivity contribution in [1.82, 2.24) is 0 Å². The molecule has 0 spiro atoms. The number of unbranched alkanes of at least 4 members (excludes halogenated alkanes) is 4. The van der Waals surface area contributed by atoms with Gasteiger partial charge in [0.2, 0.25) is 0 Å². The standard InChI is InChI=1S/4C4H9.Fe/c4*1-3-4-2;/h4*1,3-4H2,2H3;/q4*-1;+4. The Kier molecular flexibility index (Phi) is 98.4. The van der Waals surface area contributed by atoms with Crippen LogP contribution in [0.5, 0.6) is 0 Å². The van der Waals surface area contributed by atoms with Crippen molar-refractivity contribution in [2.45, 2.75) is 79.1 Å². The Morgan fingerprint density at radius 1 is 0.471 bits per heavy atom. The summed E-state index contributed by atoms with van der Waals surface area (Å²) in [4.78, 5) is 0. The number of hydrogen-bond acceptors (Lipinski definition) is 0. The molecule has 0 aliphatic rings. The van der Waals surface area contributed by atoms with E-state index in [4.69, 9.17) is 0 Å². The van der Waals surface area contributed by atoms with Crippen LogP contribution in [0.2, 0.25) is 0 Å². The molecule has 0 radical (unpaired) electrons. The molecular formula is C16H36Fe. The summed E-state index contributed by atoms with van der Waals surface area (Å²) in [5.41, 5.74) is 0. The van der Waals surface area contributed by atoms with Crippen molar-refractivity contribution in [2.24, 2.45) is 0 Å². The van der Waals surface area contributed by atoms with Crippen molar-refractivity contribution < 1.29 is 17.1 Å². The molecule has 0 bridgehead atoms. The van der Waals surface area contributed by atoms with Crippen LogP contribution in [-0.2, 0) is 17.1 Å². The van der Waals surface area contributed by atoms with Crippen molar-refractivity contribution in [3.8, 4) is 0 Å². The molecule has 17 heavy (non-hydrogen) atoms. The molecule has 1 heteroatoms. The third-order valence-corrected chi connectivity index (χ3v) is 1.41. The fourth-order valence-corrected chi connectivity index (χ4v) is 0. The molecule has 0 aliphatic carbocycles. The van der Waals surface area contributed by atoms with Crippen LogP contribution in [0.4, 0.5) is 0 Å². The topological polar surface area (TPSA) is 0 Å². The third kappa shape index (κ3) is 170. The van der Waals surface area contributed by atoms with E-state index in [1.54, 1.807) is 0 Å². The van der Waals surface area contributed by atoms with E-state index in [1.807, 2.05) is 0 Å². The van der Waals surface area contributed by atoms with E-state index in [2.05, 4.69) is 55.4 Å². The second-order valence-corrected chi connectivity index (χ2v) is 3.41. The molecule has 0 aliphatic heterocycles. The van der Waals surface area contributed by atoms with Crippen LogP contribution in [0.25, 0.3) is 0 Å². The normalized spacial score (nSPS) is 7.06. The Morgan fingerprint density at radius 2 is 0.529 bits per heavy atom. The summed E-state index contributed by atoms with van der Waals surface area (Å²) < 4.78 is 0. The second-order valence-electron chi connectivity index (χ2n) is 3.41. The van der Waals surface area contributed by atoms with Gasteiger partial charge in [-0.05, 0) is 0 Å². The van der Waals surface area contributed by atoms with E-state index in [1.165, 1.54) is 25.7 Å². The van der Waals surface area contributed by atoms with Gasteiger partial charge in [-0.1, -0.05) is 53.4 Å². The summed E-state index contributed by atoms with van der Waals surface area (Å²) in [5, 5.41) is 0. The largest absolute Gasteiger partial charge is 4.00 e.